The molecule has 0 fully saturated rings. The third-order valence-corrected chi connectivity index (χ3v) is 4.79. The van der Waals surface area contributed by atoms with Gasteiger partial charge in [-0.05, 0) is 36.8 Å². The molecule has 2 aromatic rings. The third kappa shape index (κ3) is 4.84. The highest BCUT2D eigenvalue weighted by atomic mass is 79.9. The minimum Gasteiger partial charge on any atom is -0.387 e. The zero-order valence-electron chi connectivity index (χ0n) is 11.5. The van der Waals surface area contributed by atoms with Gasteiger partial charge in [0, 0.05) is 10.2 Å². The molecule has 0 aliphatic carbocycles. The molecule has 112 valence electrons. The van der Waals surface area contributed by atoms with Gasteiger partial charge in [-0.15, -0.1) is 0 Å². The van der Waals surface area contributed by atoms with Gasteiger partial charge in [0.15, 0.2) is 0 Å². The number of hydrogen-bond donors (Lipinski definition) is 2. The molecule has 0 aromatic heterocycles. The van der Waals surface area contributed by atoms with Crippen LogP contribution in [-0.2, 0) is 10.0 Å². The summed E-state index contributed by atoms with van der Waals surface area (Å²) in [6, 6.07) is 13.9. The largest absolute Gasteiger partial charge is 0.387 e. The summed E-state index contributed by atoms with van der Waals surface area (Å²) >= 11 is 3.29. The van der Waals surface area contributed by atoms with E-state index in [2.05, 4.69) is 20.7 Å². The zero-order chi connectivity index (χ0) is 15.5. The lowest BCUT2D eigenvalue weighted by atomic mass is 10.1. The van der Waals surface area contributed by atoms with Crippen molar-refractivity contribution in [1.29, 1.82) is 0 Å². The van der Waals surface area contributed by atoms with Crippen molar-refractivity contribution in [2.45, 2.75) is 13.0 Å². The maximum Gasteiger partial charge on any atom is 0.235 e. The van der Waals surface area contributed by atoms with Crippen LogP contribution in [0.5, 0.6) is 0 Å². The van der Waals surface area contributed by atoms with Crippen LogP contribution in [-0.4, -0.2) is 19.3 Å². The van der Waals surface area contributed by atoms with E-state index in [1.165, 1.54) is 0 Å². The molecule has 0 saturated heterocycles. The van der Waals surface area contributed by atoms with Crippen molar-refractivity contribution in [3.8, 4) is 0 Å². The van der Waals surface area contributed by atoms with Crippen LogP contribution in [0.2, 0.25) is 0 Å². The van der Waals surface area contributed by atoms with Gasteiger partial charge in [-0.1, -0.05) is 45.8 Å². The summed E-state index contributed by atoms with van der Waals surface area (Å²) in [5.41, 5.74) is 2.10. The van der Waals surface area contributed by atoms with Gasteiger partial charge in [-0.25, -0.2) is 8.42 Å². The summed E-state index contributed by atoms with van der Waals surface area (Å²) in [5, 5.41) is 10.0. The topological polar surface area (TPSA) is 66.4 Å². The van der Waals surface area contributed by atoms with Gasteiger partial charge >= 0.3 is 0 Å². The normalized spacial score (nSPS) is 12.9. The summed E-state index contributed by atoms with van der Waals surface area (Å²) in [6.07, 6.45) is -1.07. The summed E-state index contributed by atoms with van der Waals surface area (Å²) in [4.78, 5) is 0. The van der Waals surface area contributed by atoms with Crippen LogP contribution < -0.4 is 4.72 Å². The van der Waals surface area contributed by atoms with E-state index in [0.717, 1.165) is 10.0 Å². The second-order valence-electron chi connectivity index (χ2n) is 4.82. The van der Waals surface area contributed by atoms with Gasteiger partial charge in [-0.2, -0.15) is 0 Å². The van der Waals surface area contributed by atoms with E-state index in [-0.39, 0.29) is 5.75 Å². The molecule has 0 radical (unpaired) electrons. The highest BCUT2D eigenvalue weighted by Crippen LogP contribution is 2.19. The lowest BCUT2D eigenvalue weighted by molar-refractivity contribution is 0.202. The van der Waals surface area contributed by atoms with Crippen molar-refractivity contribution >= 4 is 31.6 Å². The minimum atomic E-state index is -3.62. The van der Waals surface area contributed by atoms with E-state index in [1.807, 2.05) is 19.1 Å². The van der Waals surface area contributed by atoms with Crippen molar-refractivity contribution in [2.24, 2.45) is 0 Å². The van der Waals surface area contributed by atoms with Crippen molar-refractivity contribution < 1.29 is 13.5 Å². The Morgan fingerprint density at radius 2 is 1.67 bits per heavy atom. The van der Waals surface area contributed by atoms with Crippen LogP contribution in [0, 0.1) is 6.92 Å². The average Bonchev–Trinajstić information content (AvgIpc) is 2.41. The maximum atomic E-state index is 12.1. The summed E-state index contributed by atoms with van der Waals surface area (Å²) in [5.74, 6) is -0.386. The smallest absolute Gasteiger partial charge is 0.235 e. The molecule has 0 spiro atoms. The molecule has 1 unspecified atom stereocenters. The fraction of sp³-hybridized carbons (Fsp3) is 0.200. The molecule has 4 nitrogen and oxygen atoms in total. The first-order chi connectivity index (χ1) is 9.85. The SMILES string of the molecule is Cc1ccc(NS(=O)(=O)CC(O)c2ccc(Br)cc2)cc1. The van der Waals surface area contributed by atoms with Crippen LogP contribution >= 0.6 is 15.9 Å². The number of sulfonamides is 1. The van der Waals surface area contributed by atoms with E-state index in [1.54, 1.807) is 36.4 Å². The van der Waals surface area contributed by atoms with Crippen LogP contribution in [0.1, 0.15) is 17.2 Å². The third-order valence-electron chi connectivity index (χ3n) is 2.96. The molecule has 2 aromatic carbocycles. The molecule has 21 heavy (non-hydrogen) atoms. The van der Waals surface area contributed by atoms with E-state index in [9.17, 15) is 13.5 Å². The van der Waals surface area contributed by atoms with Gasteiger partial charge in [-0.3, -0.25) is 4.72 Å². The van der Waals surface area contributed by atoms with Crippen LogP contribution in [0.3, 0.4) is 0 Å². The Morgan fingerprint density at radius 3 is 2.24 bits per heavy atom. The van der Waals surface area contributed by atoms with Crippen LogP contribution in [0.15, 0.2) is 53.0 Å². The fourth-order valence-corrected chi connectivity index (χ4v) is 3.28. The molecule has 1 atom stereocenters. The highest BCUT2D eigenvalue weighted by molar-refractivity contribution is 9.10. The van der Waals surface area contributed by atoms with Gasteiger partial charge < -0.3 is 5.11 Å². The minimum absolute atomic E-state index is 0.386. The molecule has 0 bridgehead atoms. The number of anilines is 1. The van der Waals surface area contributed by atoms with Gasteiger partial charge in [0.1, 0.15) is 0 Å². The van der Waals surface area contributed by atoms with Crippen molar-refractivity contribution in [1.82, 2.24) is 0 Å². The zero-order valence-corrected chi connectivity index (χ0v) is 13.9. The van der Waals surface area contributed by atoms with Gasteiger partial charge in [0.05, 0.1) is 11.9 Å². The van der Waals surface area contributed by atoms with E-state index in [4.69, 9.17) is 0 Å². The molecular weight excluding hydrogens is 354 g/mol. The molecular formula is C15H16BrNO3S. The number of aryl methyl sites for hydroxylation is 1. The predicted octanol–water partition coefficient (Wildman–Crippen LogP) is 3.23. The first-order valence-electron chi connectivity index (χ1n) is 6.36. The fourth-order valence-electron chi connectivity index (χ4n) is 1.83. The molecule has 0 amide bonds. The predicted molar refractivity (Wildman–Crippen MR) is 87.7 cm³/mol. The summed E-state index contributed by atoms with van der Waals surface area (Å²) in [6.45, 7) is 1.93. The standard InChI is InChI=1S/C15H16BrNO3S/c1-11-2-8-14(9-3-11)17-21(19,20)10-15(18)12-4-6-13(16)7-5-12/h2-9,15,17-18H,10H2,1H3. The van der Waals surface area contributed by atoms with Crippen molar-refractivity contribution in [2.75, 3.05) is 10.5 Å². The lowest BCUT2D eigenvalue weighted by Gasteiger charge is -2.13. The van der Waals surface area contributed by atoms with Gasteiger partial charge in [0.2, 0.25) is 10.0 Å². The number of aliphatic hydroxyl groups excluding tert-OH is 1. The average molecular weight is 370 g/mol. The first-order valence-corrected chi connectivity index (χ1v) is 8.81. The Morgan fingerprint density at radius 1 is 1.10 bits per heavy atom. The molecule has 6 heteroatoms. The van der Waals surface area contributed by atoms with Crippen molar-refractivity contribution in [3.63, 3.8) is 0 Å². The Kier molecular flexibility index (Phi) is 5.03. The lowest BCUT2D eigenvalue weighted by Crippen LogP contribution is -2.21. The number of benzene rings is 2. The summed E-state index contributed by atoms with van der Waals surface area (Å²) < 4.78 is 27.4. The second-order valence-corrected chi connectivity index (χ2v) is 7.50. The van der Waals surface area contributed by atoms with E-state index >= 15 is 0 Å². The Bertz CT molecular complexity index is 697. The van der Waals surface area contributed by atoms with E-state index in [0.29, 0.717) is 11.3 Å². The molecule has 0 aliphatic rings. The molecule has 2 rings (SSSR count). The highest BCUT2D eigenvalue weighted by Gasteiger charge is 2.18. The molecule has 2 N–H and O–H groups in total. The molecule has 0 heterocycles. The number of halogens is 1. The molecule has 0 aliphatic heterocycles. The van der Waals surface area contributed by atoms with Gasteiger partial charge in [0.25, 0.3) is 0 Å². The maximum absolute atomic E-state index is 12.1. The van der Waals surface area contributed by atoms with Crippen molar-refractivity contribution in [3.05, 3.63) is 64.1 Å². The quantitative estimate of drug-likeness (QED) is 0.849. The number of nitrogens with one attached hydrogen (secondary N) is 1. The second kappa shape index (κ2) is 6.60. The first kappa shape index (κ1) is 16.0. The van der Waals surface area contributed by atoms with Crippen LogP contribution in [0.4, 0.5) is 5.69 Å². The number of rotatable bonds is 5. The van der Waals surface area contributed by atoms with E-state index < -0.39 is 16.1 Å². The monoisotopic (exact) mass is 369 g/mol. The Labute approximate surface area is 133 Å². The Hall–Kier alpha value is -1.37. The molecule has 0 saturated carbocycles. The summed E-state index contributed by atoms with van der Waals surface area (Å²) in [7, 11) is -3.62. The Balaban J connectivity index is 2.06. The van der Waals surface area contributed by atoms with Crippen LogP contribution in [0.25, 0.3) is 0 Å². The number of aliphatic hydroxyl groups is 1. The number of hydrogen-bond acceptors (Lipinski definition) is 3.